The second kappa shape index (κ2) is 4.39. The molecule has 0 saturated heterocycles. The third-order valence-electron chi connectivity index (χ3n) is 1.42. The number of hydrogen-bond donors (Lipinski definition) is 1. The van der Waals surface area contributed by atoms with Crippen molar-refractivity contribution in [1.29, 1.82) is 0 Å². The Morgan fingerprint density at radius 2 is 2.33 bits per heavy atom. The Morgan fingerprint density at radius 1 is 1.58 bits per heavy atom. The summed E-state index contributed by atoms with van der Waals surface area (Å²) < 4.78 is 0.923. The third-order valence-corrected chi connectivity index (χ3v) is 2.05. The van der Waals surface area contributed by atoms with E-state index in [0.717, 1.165) is 9.26 Å². The molecule has 0 saturated carbocycles. The SMILES string of the molecule is O=C(O)CCc1ccc(I)nc1. The summed E-state index contributed by atoms with van der Waals surface area (Å²) in [5, 5.41) is 8.41. The van der Waals surface area contributed by atoms with Gasteiger partial charge in [0.25, 0.3) is 0 Å². The monoisotopic (exact) mass is 277 g/mol. The molecule has 4 heteroatoms. The Balaban J connectivity index is 2.53. The molecular weight excluding hydrogens is 269 g/mol. The van der Waals surface area contributed by atoms with Crippen molar-refractivity contribution in [1.82, 2.24) is 4.98 Å². The highest BCUT2D eigenvalue weighted by Gasteiger charge is 1.98. The molecule has 1 aromatic rings. The Morgan fingerprint density at radius 3 is 2.83 bits per heavy atom. The zero-order chi connectivity index (χ0) is 8.97. The summed E-state index contributed by atoms with van der Waals surface area (Å²) >= 11 is 2.11. The first-order valence-electron chi connectivity index (χ1n) is 3.50. The molecule has 0 aliphatic heterocycles. The molecule has 0 aromatic carbocycles. The van der Waals surface area contributed by atoms with Gasteiger partial charge in [-0.2, -0.15) is 0 Å². The molecule has 64 valence electrons. The lowest BCUT2D eigenvalue weighted by Gasteiger charge is -1.96. The van der Waals surface area contributed by atoms with Crippen LogP contribution in [0.25, 0.3) is 0 Å². The second-order valence-electron chi connectivity index (χ2n) is 2.38. The molecule has 0 fully saturated rings. The molecule has 1 N–H and O–H groups in total. The van der Waals surface area contributed by atoms with Crippen molar-refractivity contribution >= 4 is 28.6 Å². The zero-order valence-electron chi connectivity index (χ0n) is 6.33. The summed E-state index contributed by atoms with van der Waals surface area (Å²) in [7, 11) is 0. The van der Waals surface area contributed by atoms with Gasteiger partial charge in [-0.3, -0.25) is 9.78 Å². The maximum atomic E-state index is 10.2. The van der Waals surface area contributed by atoms with Crippen molar-refractivity contribution < 1.29 is 9.90 Å². The van der Waals surface area contributed by atoms with E-state index in [2.05, 4.69) is 27.6 Å². The van der Waals surface area contributed by atoms with Gasteiger partial charge in [-0.15, -0.1) is 0 Å². The van der Waals surface area contributed by atoms with Crippen LogP contribution in [0.2, 0.25) is 0 Å². The summed E-state index contributed by atoms with van der Waals surface area (Å²) in [6, 6.07) is 3.77. The minimum Gasteiger partial charge on any atom is -0.481 e. The van der Waals surface area contributed by atoms with E-state index in [1.807, 2.05) is 12.1 Å². The van der Waals surface area contributed by atoms with Crippen molar-refractivity contribution in [3.05, 3.63) is 27.6 Å². The quantitative estimate of drug-likeness (QED) is 0.675. The molecule has 0 aliphatic carbocycles. The lowest BCUT2D eigenvalue weighted by molar-refractivity contribution is -0.136. The van der Waals surface area contributed by atoms with Gasteiger partial charge in [-0.1, -0.05) is 6.07 Å². The molecule has 0 bridgehead atoms. The molecule has 3 nitrogen and oxygen atoms in total. The number of hydrogen-bond acceptors (Lipinski definition) is 2. The Hall–Kier alpha value is -0.650. The van der Waals surface area contributed by atoms with E-state index < -0.39 is 5.97 Å². The number of carbonyl (C=O) groups is 1. The fourth-order valence-electron chi connectivity index (χ4n) is 0.806. The lowest BCUT2D eigenvalue weighted by atomic mass is 10.2. The minimum atomic E-state index is -0.770. The standard InChI is InChI=1S/C8H8INO2/c9-7-3-1-6(5-10-7)2-4-8(11)12/h1,3,5H,2,4H2,(H,11,12). The van der Waals surface area contributed by atoms with Crippen LogP contribution in [-0.4, -0.2) is 16.1 Å². The van der Waals surface area contributed by atoms with Gasteiger partial charge in [0.05, 0.1) is 0 Å². The Kier molecular flexibility index (Phi) is 3.46. The van der Waals surface area contributed by atoms with Gasteiger partial charge in [0, 0.05) is 12.6 Å². The third kappa shape index (κ3) is 3.17. The van der Waals surface area contributed by atoms with Crippen molar-refractivity contribution in [3.63, 3.8) is 0 Å². The maximum absolute atomic E-state index is 10.2. The normalized spacial score (nSPS) is 9.75. The van der Waals surface area contributed by atoms with E-state index in [0.29, 0.717) is 6.42 Å². The molecule has 0 radical (unpaired) electrons. The van der Waals surface area contributed by atoms with Gasteiger partial charge in [-0.05, 0) is 40.6 Å². The maximum Gasteiger partial charge on any atom is 0.303 e. The summed E-state index contributed by atoms with van der Waals surface area (Å²) in [4.78, 5) is 14.3. The second-order valence-corrected chi connectivity index (χ2v) is 3.49. The number of rotatable bonds is 3. The van der Waals surface area contributed by atoms with Crippen LogP contribution in [0.15, 0.2) is 18.3 Å². The van der Waals surface area contributed by atoms with Crippen LogP contribution in [0.5, 0.6) is 0 Å². The van der Waals surface area contributed by atoms with Gasteiger partial charge in [0.15, 0.2) is 0 Å². The molecule has 0 amide bonds. The van der Waals surface area contributed by atoms with Crippen LogP contribution in [0.3, 0.4) is 0 Å². The van der Waals surface area contributed by atoms with E-state index in [1.54, 1.807) is 6.20 Å². The van der Waals surface area contributed by atoms with E-state index in [1.165, 1.54) is 0 Å². The van der Waals surface area contributed by atoms with Crippen molar-refractivity contribution in [2.75, 3.05) is 0 Å². The first-order chi connectivity index (χ1) is 5.68. The fraction of sp³-hybridized carbons (Fsp3) is 0.250. The predicted molar refractivity (Wildman–Crippen MR) is 52.9 cm³/mol. The minimum absolute atomic E-state index is 0.169. The number of nitrogens with zero attached hydrogens (tertiary/aromatic N) is 1. The number of carboxylic acid groups (broad SMARTS) is 1. The highest BCUT2D eigenvalue weighted by molar-refractivity contribution is 14.1. The molecule has 12 heavy (non-hydrogen) atoms. The first-order valence-corrected chi connectivity index (χ1v) is 4.58. The molecule has 0 spiro atoms. The summed E-state index contributed by atoms with van der Waals surface area (Å²) in [6.07, 6.45) is 2.44. The van der Waals surface area contributed by atoms with Crippen LogP contribution in [0, 0.1) is 3.70 Å². The van der Waals surface area contributed by atoms with E-state index in [9.17, 15) is 4.79 Å². The largest absolute Gasteiger partial charge is 0.481 e. The molecule has 0 unspecified atom stereocenters. The first kappa shape index (κ1) is 9.44. The van der Waals surface area contributed by atoms with Crippen LogP contribution in [0.4, 0.5) is 0 Å². The summed E-state index contributed by atoms with van der Waals surface area (Å²) in [5.74, 6) is -0.770. The van der Waals surface area contributed by atoms with Crippen molar-refractivity contribution in [2.45, 2.75) is 12.8 Å². The van der Waals surface area contributed by atoms with E-state index in [4.69, 9.17) is 5.11 Å². The lowest BCUT2D eigenvalue weighted by Crippen LogP contribution is -1.97. The fourth-order valence-corrected chi connectivity index (χ4v) is 1.12. The molecule has 0 atom stereocenters. The van der Waals surface area contributed by atoms with Gasteiger partial charge < -0.3 is 5.11 Å². The van der Waals surface area contributed by atoms with Gasteiger partial charge >= 0.3 is 5.97 Å². The highest BCUT2D eigenvalue weighted by Crippen LogP contribution is 2.04. The van der Waals surface area contributed by atoms with Crippen LogP contribution >= 0.6 is 22.6 Å². The Labute approximate surface area is 84.0 Å². The van der Waals surface area contributed by atoms with Gasteiger partial charge in [0.2, 0.25) is 0 Å². The van der Waals surface area contributed by atoms with E-state index >= 15 is 0 Å². The van der Waals surface area contributed by atoms with Crippen LogP contribution < -0.4 is 0 Å². The van der Waals surface area contributed by atoms with Crippen molar-refractivity contribution in [3.8, 4) is 0 Å². The zero-order valence-corrected chi connectivity index (χ0v) is 8.48. The summed E-state index contributed by atoms with van der Waals surface area (Å²) in [6.45, 7) is 0. The van der Waals surface area contributed by atoms with E-state index in [-0.39, 0.29) is 6.42 Å². The topological polar surface area (TPSA) is 50.2 Å². The smallest absolute Gasteiger partial charge is 0.303 e. The number of aryl methyl sites for hydroxylation is 1. The average molecular weight is 277 g/mol. The van der Waals surface area contributed by atoms with Gasteiger partial charge in [0.1, 0.15) is 3.70 Å². The molecule has 1 rings (SSSR count). The molecular formula is C8H8INO2. The average Bonchev–Trinajstić information content (AvgIpc) is 2.03. The van der Waals surface area contributed by atoms with Gasteiger partial charge in [-0.25, -0.2) is 0 Å². The molecule has 1 aromatic heterocycles. The number of aliphatic carboxylic acids is 1. The molecule has 0 aliphatic rings. The Bertz CT molecular complexity index is 271. The highest BCUT2D eigenvalue weighted by atomic mass is 127. The number of halogens is 1. The number of aromatic nitrogens is 1. The van der Waals surface area contributed by atoms with Crippen LogP contribution in [0.1, 0.15) is 12.0 Å². The number of pyridine rings is 1. The van der Waals surface area contributed by atoms with Crippen molar-refractivity contribution in [2.24, 2.45) is 0 Å². The predicted octanol–water partition coefficient (Wildman–Crippen LogP) is 1.70. The van der Waals surface area contributed by atoms with Crippen LogP contribution in [-0.2, 0) is 11.2 Å². The number of carboxylic acids is 1. The molecule has 1 heterocycles. The summed E-state index contributed by atoms with van der Waals surface area (Å²) in [5.41, 5.74) is 0.970.